The zero-order chi connectivity index (χ0) is 24.8. The number of rotatable bonds is 10. The van der Waals surface area contributed by atoms with Crippen molar-refractivity contribution < 1.29 is 19.7 Å². The van der Waals surface area contributed by atoms with Crippen LogP contribution >= 0.6 is 11.6 Å². The summed E-state index contributed by atoms with van der Waals surface area (Å²) in [6, 6.07) is 5.43. The van der Waals surface area contributed by atoms with Crippen LogP contribution in [-0.2, 0) is 11.2 Å². The number of piperidine rings is 1. The normalized spacial score (nSPS) is 16.8. The Kier molecular flexibility index (Phi) is 8.15. The molecule has 3 aromatic rings. The summed E-state index contributed by atoms with van der Waals surface area (Å²) in [6.07, 6.45) is 9.37. The number of likely N-dealkylation sites (tertiary alicyclic amines) is 1. The summed E-state index contributed by atoms with van der Waals surface area (Å²) in [5, 5.41) is 22.3. The molecule has 0 spiro atoms. The van der Waals surface area contributed by atoms with Crippen molar-refractivity contribution in [1.82, 2.24) is 19.9 Å². The average Bonchev–Trinajstić information content (AvgIpc) is 2.88. The maximum atomic E-state index is 12.3. The number of fused-ring (bicyclic) bond motifs is 1. The van der Waals surface area contributed by atoms with E-state index in [1.807, 2.05) is 6.07 Å². The lowest BCUT2D eigenvalue weighted by Gasteiger charge is -2.39. The number of hydrogen-bond acceptors (Lipinski definition) is 7. The second kappa shape index (κ2) is 11.3. The number of benzene rings is 1. The van der Waals surface area contributed by atoms with E-state index in [4.69, 9.17) is 16.3 Å². The SMILES string of the molecule is COc1ccc2ncc(Cl)c([C@@H](O)CCC3(C(=O)O)CCN(CCCc4cnccn4)CC3)c2c1. The highest BCUT2D eigenvalue weighted by Crippen LogP contribution is 2.41. The standard InChI is InChI=1S/C26H31ClN4O4/c1-35-19-4-5-22-20(15-19)24(21(27)17-30-22)23(32)6-7-26(25(33)34)8-13-31(14-9-26)12-2-3-18-16-28-10-11-29-18/h4-5,10-11,15-17,23,32H,2-3,6-9,12-14H2,1H3,(H,33,34)/t23-/m0/s1. The van der Waals surface area contributed by atoms with Gasteiger partial charge in [0.2, 0.25) is 0 Å². The van der Waals surface area contributed by atoms with E-state index in [-0.39, 0.29) is 0 Å². The lowest BCUT2D eigenvalue weighted by molar-refractivity contribution is -0.153. The van der Waals surface area contributed by atoms with Crippen LogP contribution in [0.25, 0.3) is 10.9 Å². The number of ether oxygens (including phenoxy) is 1. The van der Waals surface area contributed by atoms with E-state index in [1.54, 1.807) is 37.8 Å². The number of carbonyl (C=O) groups is 1. The van der Waals surface area contributed by atoms with Crippen molar-refractivity contribution in [2.24, 2.45) is 5.41 Å². The van der Waals surface area contributed by atoms with Gasteiger partial charge < -0.3 is 19.8 Å². The second-order valence-electron chi connectivity index (χ2n) is 9.18. The zero-order valence-electron chi connectivity index (χ0n) is 19.9. The number of aliphatic hydroxyl groups is 1. The fourth-order valence-electron chi connectivity index (χ4n) is 4.91. The molecule has 0 aliphatic carbocycles. The molecule has 2 aromatic heterocycles. The predicted molar refractivity (Wildman–Crippen MR) is 134 cm³/mol. The van der Waals surface area contributed by atoms with E-state index in [1.165, 1.54) is 6.20 Å². The smallest absolute Gasteiger partial charge is 0.309 e. The number of aromatic nitrogens is 3. The van der Waals surface area contributed by atoms with Crippen LogP contribution in [0.1, 0.15) is 49.5 Å². The topological polar surface area (TPSA) is 109 Å². The van der Waals surface area contributed by atoms with Crippen molar-refractivity contribution >= 4 is 28.5 Å². The summed E-state index contributed by atoms with van der Waals surface area (Å²) in [6.45, 7) is 2.34. The van der Waals surface area contributed by atoms with Crippen LogP contribution in [0.15, 0.2) is 43.0 Å². The Morgan fingerprint density at radius 2 is 2.03 bits per heavy atom. The third kappa shape index (κ3) is 5.89. The van der Waals surface area contributed by atoms with Crippen molar-refractivity contribution in [3.8, 4) is 5.75 Å². The van der Waals surface area contributed by atoms with Crippen molar-refractivity contribution in [1.29, 1.82) is 0 Å². The number of halogens is 1. The van der Waals surface area contributed by atoms with Crippen LogP contribution in [0.2, 0.25) is 5.02 Å². The predicted octanol–water partition coefficient (Wildman–Crippen LogP) is 4.30. The van der Waals surface area contributed by atoms with Crippen molar-refractivity contribution in [2.45, 2.75) is 44.6 Å². The number of aryl methyl sites for hydroxylation is 1. The number of carboxylic acids is 1. The first-order valence-electron chi connectivity index (χ1n) is 11.9. The molecule has 2 N–H and O–H groups in total. The van der Waals surface area contributed by atoms with Gasteiger partial charge in [-0.05, 0) is 76.4 Å². The Bertz CT molecular complexity index is 1150. The molecule has 186 valence electrons. The Hall–Kier alpha value is -2.81. The number of hydrogen-bond donors (Lipinski definition) is 2. The van der Waals surface area contributed by atoms with Gasteiger partial charge in [-0.25, -0.2) is 0 Å². The molecule has 0 saturated carbocycles. The molecule has 0 radical (unpaired) electrons. The number of nitrogens with zero attached hydrogens (tertiary/aromatic N) is 4. The molecule has 1 aliphatic rings. The maximum absolute atomic E-state index is 12.3. The molecule has 1 aliphatic heterocycles. The molecule has 3 heterocycles. The Balaban J connectivity index is 1.38. The Labute approximate surface area is 209 Å². The highest BCUT2D eigenvalue weighted by Gasteiger charge is 2.41. The van der Waals surface area contributed by atoms with E-state index in [0.717, 1.165) is 38.2 Å². The van der Waals surface area contributed by atoms with Crippen LogP contribution in [0.5, 0.6) is 5.75 Å². The van der Waals surface area contributed by atoms with Crippen LogP contribution in [0, 0.1) is 5.41 Å². The van der Waals surface area contributed by atoms with E-state index in [0.29, 0.717) is 52.9 Å². The van der Waals surface area contributed by atoms with Crippen molar-refractivity contribution in [2.75, 3.05) is 26.7 Å². The number of methoxy groups -OCH3 is 1. The van der Waals surface area contributed by atoms with Gasteiger partial charge in [-0.1, -0.05) is 11.6 Å². The van der Waals surface area contributed by atoms with Gasteiger partial charge in [-0.2, -0.15) is 0 Å². The van der Waals surface area contributed by atoms with Crippen LogP contribution in [0.4, 0.5) is 0 Å². The number of aliphatic hydroxyl groups excluding tert-OH is 1. The molecule has 9 heteroatoms. The molecule has 35 heavy (non-hydrogen) atoms. The molecule has 8 nitrogen and oxygen atoms in total. The quantitative estimate of drug-likeness (QED) is 0.426. The number of aliphatic carboxylic acids is 1. The molecule has 0 unspecified atom stereocenters. The molecule has 0 amide bonds. The zero-order valence-corrected chi connectivity index (χ0v) is 20.6. The van der Waals surface area contributed by atoms with Crippen LogP contribution in [0.3, 0.4) is 0 Å². The van der Waals surface area contributed by atoms with Crippen LogP contribution < -0.4 is 4.74 Å². The number of carboxylic acid groups (broad SMARTS) is 1. The average molecular weight is 499 g/mol. The minimum absolute atomic E-state index is 0.301. The monoisotopic (exact) mass is 498 g/mol. The molecular weight excluding hydrogens is 468 g/mol. The Morgan fingerprint density at radius 3 is 2.71 bits per heavy atom. The van der Waals surface area contributed by atoms with Gasteiger partial charge in [0.15, 0.2) is 0 Å². The summed E-state index contributed by atoms with van der Waals surface area (Å²) in [5.74, 6) is -0.153. The summed E-state index contributed by atoms with van der Waals surface area (Å²) < 4.78 is 5.32. The molecule has 4 rings (SSSR count). The van der Waals surface area contributed by atoms with Gasteiger partial charge in [0.25, 0.3) is 0 Å². The van der Waals surface area contributed by atoms with Gasteiger partial charge >= 0.3 is 5.97 Å². The lowest BCUT2D eigenvalue weighted by Crippen LogP contribution is -2.44. The molecular formula is C26H31ClN4O4. The highest BCUT2D eigenvalue weighted by molar-refractivity contribution is 6.32. The third-order valence-corrected chi connectivity index (χ3v) is 7.39. The third-order valence-electron chi connectivity index (χ3n) is 7.09. The summed E-state index contributed by atoms with van der Waals surface area (Å²) >= 11 is 6.43. The summed E-state index contributed by atoms with van der Waals surface area (Å²) in [7, 11) is 1.58. The van der Waals surface area contributed by atoms with Crippen molar-refractivity contribution in [3.05, 3.63) is 59.3 Å². The minimum atomic E-state index is -0.902. The molecule has 1 fully saturated rings. The fourth-order valence-corrected chi connectivity index (χ4v) is 5.19. The van der Waals surface area contributed by atoms with E-state index < -0.39 is 17.5 Å². The second-order valence-corrected chi connectivity index (χ2v) is 9.59. The van der Waals surface area contributed by atoms with Gasteiger partial charge in [0.05, 0.1) is 34.9 Å². The molecule has 0 bridgehead atoms. The van der Waals surface area contributed by atoms with Gasteiger partial charge in [-0.15, -0.1) is 0 Å². The number of pyridine rings is 1. The van der Waals surface area contributed by atoms with Gasteiger partial charge in [-0.3, -0.25) is 19.7 Å². The fraction of sp³-hybridized carbons (Fsp3) is 0.462. The minimum Gasteiger partial charge on any atom is -0.497 e. The van der Waals surface area contributed by atoms with Crippen LogP contribution in [-0.4, -0.2) is 62.8 Å². The largest absolute Gasteiger partial charge is 0.497 e. The highest BCUT2D eigenvalue weighted by atomic mass is 35.5. The summed E-state index contributed by atoms with van der Waals surface area (Å²) in [4.78, 5) is 27.4. The van der Waals surface area contributed by atoms with Gasteiger partial charge in [0, 0.05) is 35.7 Å². The maximum Gasteiger partial charge on any atom is 0.309 e. The first-order chi connectivity index (χ1) is 16.9. The molecule has 1 saturated heterocycles. The first kappa shape index (κ1) is 25.3. The van der Waals surface area contributed by atoms with Gasteiger partial charge in [0.1, 0.15) is 5.75 Å². The summed E-state index contributed by atoms with van der Waals surface area (Å²) in [5.41, 5.74) is 1.39. The van der Waals surface area contributed by atoms with E-state index in [2.05, 4.69) is 19.9 Å². The van der Waals surface area contributed by atoms with E-state index >= 15 is 0 Å². The Morgan fingerprint density at radius 1 is 1.23 bits per heavy atom. The molecule has 1 aromatic carbocycles. The lowest BCUT2D eigenvalue weighted by atomic mass is 9.74. The van der Waals surface area contributed by atoms with Crippen molar-refractivity contribution in [3.63, 3.8) is 0 Å². The van der Waals surface area contributed by atoms with E-state index in [9.17, 15) is 15.0 Å². The first-order valence-corrected chi connectivity index (χ1v) is 12.3. The molecule has 1 atom stereocenters.